The summed E-state index contributed by atoms with van der Waals surface area (Å²) in [5.74, 6) is 0.00961. The maximum atomic E-state index is 12.7. The van der Waals surface area contributed by atoms with Gasteiger partial charge in [0.25, 0.3) is 0 Å². The number of anilines is 1. The van der Waals surface area contributed by atoms with Crippen LogP contribution in [0.4, 0.5) is 23.8 Å². The third-order valence-electron chi connectivity index (χ3n) is 4.91. The highest BCUT2D eigenvalue weighted by molar-refractivity contribution is 5.97. The lowest BCUT2D eigenvalue weighted by Gasteiger charge is -2.39. The van der Waals surface area contributed by atoms with Crippen LogP contribution in [0.1, 0.15) is 17.2 Å². The van der Waals surface area contributed by atoms with Crippen LogP contribution in [0.15, 0.2) is 48.7 Å². The van der Waals surface area contributed by atoms with Crippen molar-refractivity contribution >= 4 is 17.8 Å². The van der Waals surface area contributed by atoms with E-state index in [0.29, 0.717) is 32.0 Å². The van der Waals surface area contributed by atoms with Gasteiger partial charge in [0.1, 0.15) is 11.9 Å². The molecule has 2 N–H and O–H groups in total. The molecule has 30 heavy (non-hydrogen) atoms. The molecular formula is C20H22F3N5O2. The number of carbonyl (C=O) groups excluding carboxylic acids is 2. The molecule has 3 rings (SSSR count). The first kappa shape index (κ1) is 21.6. The van der Waals surface area contributed by atoms with Crippen LogP contribution in [0.3, 0.4) is 0 Å². The van der Waals surface area contributed by atoms with Crippen LogP contribution in [0.2, 0.25) is 0 Å². The van der Waals surface area contributed by atoms with Crippen LogP contribution in [-0.4, -0.2) is 55.0 Å². The van der Waals surface area contributed by atoms with Gasteiger partial charge >= 0.3 is 12.2 Å². The van der Waals surface area contributed by atoms with Crippen molar-refractivity contribution < 1.29 is 22.8 Å². The molecule has 1 fully saturated rings. The predicted molar refractivity (Wildman–Crippen MR) is 105 cm³/mol. The Kier molecular flexibility index (Phi) is 6.56. The van der Waals surface area contributed by atoms with Crippen molar-refractivity contribution in [2.75, 3.05) is 38.1 Å². The van der Waals surface area contributed by atoms with Crippen molar-refractivity contribution in [3.05, 3.63) is 59.8 Å². The lowest BCUT2D eigenvalue weighted by molar-refractivity contribution is -0.137. The number of aromatic nitrogens is 1. The van der Waals surface area contributed by atoms with Gasteiger partial charge in [-0.1, -0.05) is 30.3 Å². The molecule has 0 radical (unpaired) electrons. The molecular weight excluding hydrogens is 399 g/mol. The minimum absolute atomic E-state index is 0.443. The number of pyridine rings is 1. The molecule has 0 saturated carbocycles. The summed E-state index contributed by atoms with van der Waals surface area (Å²) in [6.45, 7) is 1.91. The van der Waals surface area contributed by atoms with Gasteiger partial charge in [0, 0.05) is 39.4 Å². The lowest BCUT2D eigenvalue weighted by atomic mass is 10.0. The Bertz CT molecular complexity index is 866. The number of halogens is 3. The van der Waals surface area contributed by atoms with Crippen molar-refractivity contribution in [2.24, 2.45) is 0 Å². The summed E-state index contributed by atoms with van der Waals surface area (Å²) < 4.78 is 38.2. The van der Waals surface area contributed by atoms with Gasteiger partial charge < -0.3 is 10.2 Å². The molecule has 1 saturated heterocycles. The number of hydrogen-bond acceptors (Lipinski definition) is 5. The maximum absolute atomic E-state index is 12.7. The SMILES string of the molecule is CNC(=O)NC(=O)[C@H](c1ccccc1)N1CCN(c2ccc(C(F)(F)F)cn2)CC1. The van der Waals surface area contributed by atoms with Crippen molar-refractivity contribution in [2.45, 2.75) is 12.2 Å². The fraction of sp³-hybridized carbons (Fsp3) is 0.350. The Morgan fingerprint density at radius 1 is 1.03 bits per heavy atom. The Morgan fingerprint density at radius 2 is 1.70 bits per heavy atom. The topological polar surface area (TPSA) is 77.6 Å². The van der Waals surface area contributed by atoms with E-state index in [-0.39, 0.29) is 0 Å². The number of piperazine rings is 1. The molecule has 0 unspecified atom stereocenters. The average Bonchev–Trinajstić information content (AvgIpc) is 2.74. The van der Waals surface area contributed by atoms with Gasteiger partial charge in [-0.15, -0.1) is 0 Å². The summed E-state index contributed by atoms with van der Waals surface area (Å²) in [4.78, 5) is 32.1. The fourth-order valence-corrected chi connectivity index (χ4v) is 3.36. The van der Waals surface area contributed by atoms with Crippen LogP contribution in [-0.2, 0) is 11.0 Å². The second-order valence-electron chi connectivity index (χ2n) is 6.81. The Balaban J connectivity index is 1.71. The van der Waals surface area contributed by atoms with Crippen LogP contribution in [0, 0.1) is 0 Å². The van der Waals surface area contributed by atoms with E-state index in [1.807, 2.05) is 40.1 Å². The number of nitrogens with one attached hydrogen (secondary N) is 2. The highest BCUT2D eigenvalue weighted by atomic mass is 19.4. The molecule has 0 spiro atoms. The third kappa shape index (κ3) is 5.07. The smallest absolute Gasteiger partial charge is 0.354 e. The number of rotatable bonds is 4. The highest BCUT2D eigenvalue weighted by Gasteiger charge is 2.33. The van der Waals surface area contributed by atoms with Crippen molar-refractivity contribution in [1.82, 2.24) is 20.5 Å². The number of nitrogens with zero attached hydrogens (tertiary/aromatic N) is 3. The average molecular weight is 421 g/mol. The first-order valence-corrected chi connectivity index (χ1v) is 9.39. The third-order valence-corrected chi connectivity index (χ3v) is 4.91. The molecule has 0 bridgehead atoms. The summed E-state index contributed by atoms with van der Waals surface area (Å²) in [5, 5.41) is 4.69. The van der Waals surface area contributed by atoms with Crippen LogP contribution in [0.5, 0.6) is 0 Å². The van der Waals surface area contributed by atoms with Crippen LogP contribution < -0.4 is 15.5 Å². The number of alkyl halides is 3. The van der Waals surface area contributed by atoms with Crippen molar-refractivity contribution in [3.63, 3.8) is 0 Å². The van der Waals surface area contributed by atoms with E-state index in [1.165, 1.54) is 13.1 Å². The fourth-order valence-electron chi connectivity index (χ4n) is 3.36. The second-order valence-corrected chi connectivity index (χ2v) is 6.81. The van der Waals surface area contributed by atoms with Crippen molar-refractivity contribution in [3.8, 4) is 0 Å². The van der Waals surface area contributed by atoms with E-state index in [0.717, 1.165) is 17.8 Å². The zero-order valence-corrected chi connectivity index (χ0v) is 16.3. The molecule has 1 aliphatic heterocycles. The molecule has 1 aromatic heterocycles. The molecule has 2 heterocycles. The normalized spacial score (nSPS) is 16.1. The summed E-state index contributed by atoms with van der Waals surface area (Å²) in [7, 11) is 1.43. The van der Waals surface area contributed by atoms with E-state index in [4.69, 9.17) is 0 Å². The van der Waals surface area contributed by atoms with E-state index >= 15 is 0 Å². The maximum Gasteiger partial charge on any atom is 0.417 e. The van der Waals surface area contributed by atoms with Gasteiger partial charge in [-0.25, -0.2) is 9.78 Å². The largest absolute Gasteiger partial charge is 0.417 e. The summed E-state index contributed by atoms with van der Waals surface area (Å²) in [5.41, 5.74) is -0.0418. The highest BCUT2D eigenvalue weighted by Crippen LogP contribution is 2.30. The van der Waals surface area contributed by atoms with E-state index in [2.05, 4.69) is 15.6 Å². The summed E-state index contributed by atoms with van der Waals surface area (Å²) >= 11 is 0. The number of carbonyl (C=O) groups is 2. The first-order valence-electron chi connectivity index (χ1n) is 9.39. The molecule has 10 heteroatoms. The minimum atomic E-state index is -4.43. The number of urea groups is 1. The Hall–Kier alpha value is -3.14. The van der Waals surface area contributed by atoms with Gasteiger partial charge in [0.05, 0.1) is 5.56 Å². The van der Waals surface area contributed by atoms with Crippen LogP contribution >= 0.6 is 0 Å². The Morgan fingerprint density at radius 3 is 2.23 bits per heavy atom. The molecule has 2 aromatic rings. The second kappa shape index (κ2) is 9.12. The predicted octanol–water partition coefficient (Wildman–Crippen LogP) is 2.42. The molecule has 160 valence electrons. The quantitative estimate of drug-likeness (QED) is 0.793. The molecule has 3 amide bonds. The van der Waals surface area contributed by atoms with Gasteiger partial charge in [-0.2, -0.15) is 13.2 Å². The molecule has 1 aliphatic rings. The number of amides is 3. The minimum Gasteiger partial charge on any atom is -0.354 e. The summed E-state index contributed by atoms with van der Waals surface area (Å²) in [6, 6.07) is 10.2. The van der Waals surface area contributed by atoms with Crippen LogP contribution in [0.25, 0.3) is 0 Å². The van der Waals surface area contributed by atoms with Gasteiger partial charge in [0.2, 0.25) is 5.91 Å². The molecule has 0 aliphatic carbocycles. The van der Waals surface area contributed by atoms with E-state index < -0.39 is 29.7 Å². The number of imide groups is 1. The summed E-state index contributed by atoms with van der Waals surface area (Å²) in [6.07, 6.45) is -3.60. The number of benzene rings is 1. The van der Waals surface area contributed by atoms with Gasteiger partial charge in [0.15, 0.2) is 0 Å². The number of hydrogen-bond donors (Lipinski definition) is 2. The zero-order valence-electron chi connectivity index (χ0n) is 16.3. The standard InChI is InChI=1S/C20H22F3N5O2/c1-24-19(30)26-18(29)17(14-5-3-2-4-6-14)28-11-9-27(10-12-28)16-8-7-15(13-25-16)20(21,22)23/h2-8,13,17H,9-12H2,1H3,(H2,24,26,29,30)/t17-/m0/s1. The monoisotopic (exact) mass is 421 g/mol. The molecule has 1 atom stereocenters. The Labute approximate surface area is 171 Å². The zero-order chi connectivity index (χ0) is 21.7. The van der Waals surface area contributed by atoms with Crippen molar-refractivity contribution in [1.29, 1.82) is 0 Å². The van der Waals surface area contributed by atoms with E-state index in [9.17, 15) is 22.8 Å². The van der Waals surface area contributed by atoms with Gasteiger partial charge in [-0.3, -0.25) is 15.0 Å². The lowest BCUT2D eigenvalue weighted by Crippen LogP contribution is -2.52. The molecule has 7 nitrogen and oxygen atoms in total. The van der Waals surface area contributed by atoms with Gasteiger partial charge in [-0.05, 0) is 17.7 Å². The van der Waals surface area contributed by atoms with E-state index in [1.54, 1.807) is 0 Å². The molecule has 1 aromatic carbocycles. The first-order chi connectivity index (χ1) is 14.3.